The maximum absolute atomic E-state index is 12.3. The number of aromatic nitrogens is 2. The molecule has 132 valence electrons. The van der Waals surface area contributed by atoms with Gasteiger partial charge in [-0.2, -0.15) is 0 Å². The Morgan fingerprint density at radius 1 is 1.38 bits per heavy atom. The largest absolute Gasteiger partial charge is 0.394 e. The van der Waals surface area contributed by atoms with Gasteiger partial charge in [0.1, 0.15) is 12.6 Å². The summed E-state index contributed by atoms with van der Waals surface area (Å²) in [6.45, 7) is 2.18. The predicted octanol–water partition coefficient (Wildman–Crippen LogP) is -2.82. The minimum absolute atomic E-state index is 0.283. The fraction of sp³-hybridized carbons (Fsp3) is 0.571. The third kappa shape index (κ3) is 4.30. The van der Waals surface area contributed by atoms with Crippen molar-refractivity contribution < 1.29 is 19.4 Å². The molecule has 1 aromatic heterocycles. The van der Waals surface area contributed by atoms with Gasteiger partial charge < -0.3 is 20.1 Å². The molecule has 2 heterocycles. The number of aryl methyl sites for hydroxylation is 1. The number of hydrogen-bond donors (Lipinski definition) is 3. The van der Waals surface area contributed by atoms with Crippen molar-refractivity contribution in [1.29, 1.82) is 0 Å². The van der Waals surface area contributed by atoms with Crippen molar-refractivity contribution in [2.75, 3.05) is 32.9 Å². The number of aromatic amines is 1. The van der Waals surface area contributed by atoms with Crippen molar-refractivity contribution in [2.24, 2.45) is 0 Å². The maximum atomic E-state index is 12.3. The molecular formula is C14H20N4O6. The van der Waals surface area contributed by atoms with E-state index in [2.05, 4.69) is 10.3 Å². The summed E-state index contributed by atoms with van der Waals surface area (Å²) in [4.78, 5) is 50.9. The highest BCUT2D eigenvalue weighted by Gasteiger charge is 2.26. The van der Waals surface area contributed by atoms with E-state index in [0.717, 1.165) is 4.57 Å². The summed E-state index contributed by atoms with van der Waals surface area (Å²) in [6, 6.07) is -1.09. The Morgan fingerprint density at radius 3 is 2.67 bits per heavy atom. The molecule has 10 nitrogen and oxygen atoms in total. The van der Waals surface area contributed by atoms with Gasteiger partial charge in [-0.25, -0.2) is 4.79 Å². The minimum Gasteiger partial charge on any atom is -0.394 e. The van der Waals surface area contributed by atoms with Crippen molar-refractivity contribution in [3.05, 3.63) is 32.6 Å². The number of ether oxygens (including phenoxy) is 1. The van der Waals surface area contributed by atoms with Gasteiger partial charge in [-0.1, -0.05) is 0 Å². The van der Waals surface area contributed by atoms with Crippen LogP contribution in [0.1, 0.15) is 5.56 Å². The Kier molecular flexibility index (Phi) is 5.88. The second-order valence-corrected chi connectivity index (χ2v) is 5.44. The van der Waals surface area contributed by atoms with Crippen molar-refractivity contribution in [2.45, 2.75) is 19.5 Å². The Bertz CT molecular complexity index is 719. The molecule has 1 aliphatic heterocycles. The van der Waals surface area contributed by atoms with Gasteiger partial charge in [-0.05, 0) is 6.92 Å². The molecule has 0 saturated carbocycles. The van der Waals surface area contributed by atoms with E-state index in [4.69, 9.17) is 4.74 Å². The van der Waals surface area contributed by atoms with Crippen LogP contribution >= 0.6 is 0 Å². The molecule has 1 aliphatic rings. The van der Waals surface area contributed by atoms with Gasteiger partial charge in [-0.15, -0.1) is 0 Å². The highest BCUT2D eigenvalue weighted by atomic mass is 16.5. The van der Waals surface area contributed by atoms with E-state index in [0.29, 0.717) is 26.3 Å². The van der Waals surface area contributed by atoms with Crippen LogP contribution < -0.4 is 16.6 Å². The summed E-state index contributed by atoms with van der Waals surface area (Å²) in [5.74, 6) is -1.02. The van der Waals surface area contributed by atoms with Crippen LogP contribution in [0, 0.1) is 6.92 Å². The Morgan fingerprint density at radius 2 is 2.04 bits per heavy atom. The van der Waals surface area contributed by atoms with Gasteiger partial charge in [0.05, 0.1) is 19.8 Å². The molecule has 1 saturated heterocycles. The number of morpholine rings is 1. The van der Waals surface area contributed by atoms with E-state index in [-0.39, 0.29) is 12.1 Å². The average molecular weight is 340 g/mol. The maximum Gasteiger partial charge on any atom is 0.328 e. The quantitative estimate of drug-likeness (QED) is 0.529. The first-order valence-corrected chi connectivity index (χ1v) is 7.49. The summed E-state index contributed by atoms with van der Waals surface area (Å²) in [5, 5.41) is 11.8. The molecule has 0 unspecified atom stereocenters. The molecule has 24 heavy (non-hydrogen) atoms. The average Bonchev–Trinajstić information content (AvgIpc) is 2.57. The van der Waals surface area contributed by atoms with Crippen molar-refractivity contribution >= 4 is 11.8 Å². The van der Waals surface area contributed by atoms with Crippen LogP contribution in [0.25, 0.3) is 0 Å². The Hall–Kier alpha value is -2.46. The zero-order chi connectivity index (χ0) is 17.7. The lowest BCUT2D eigenvalue weighted by molar-refractivity contribution is -0.141. The Balaban J connectivity index is 2.01. The molecule has 0 bridgehead atoms. The van der Waals surface area contributed by atoms with Crippen molar-refractivity contribution in [3.8, 4) is 0 Å². The number of aliphatic hydroxyl groups excluding tert-OH is 1. The molecule has 10 heteroatoms. The predicted molar refractivity (Wildman–Crippen MR) is 82.5 cm³/mol. The number of rotatable bonds is 5. The number of amides is 2. The number of nitrogens with one attached hydrogen (secondary N) is 2. The van der Waals surface area contributed by atoms with E-state index >= 15 is 0 Å². The second-order valence-electron chi connectivity index (χ2n) is 5.44. The molecule has 2 amide bonds. The lowest BCUT2D eigenvalue weighted by Gasteiger charge is -2.30. The highest BCUT2D eigenvalue weighted by molar-refractivity contribution is 5.87. The third-order valence-corrected chi connectivity index (χ3v) is 3.64. The second kappa shape index (κ2) is 7.88. The van der Waals surface area contributed by atoms with Gasteiger partial charge in [0.25, 0.3) is 5.56 Å². The first-order valence-electron chi connectivity index (χ1n) is 7.49. The highest BCUT2D eigenvalue weighted by Crippen LogP contribution is 2.01. The van der Waals surface area contributed by atoms with Crippen LogP contribution in [0.2, 0.25) is 0 Å². The summed E-state index contributed by atoms with van der Waals surface area (Å²) in [5.41, 5.74) is -0.960. The molecule has 3 N–H and O–H groups in total. The molecule has 0 spiro atoms. The molecule has 1 atom stereocenters. The van der Waals surface area contributed by atoms with Gasteiger partial charge in [0.2, 0.25) is 11.8 Å². The third-order valence-electron chi connectivity index (χ3n) is 3.64. The standard InChI is InChI=1S/C14H20N4O6/c1-9-6-18(14(23)16-12(9)21)7-11(20)15-10(8-19)13(22)17-2-4-24-5-3-17/h6,10,19H,2-5,7-8H2,1H3,(H,15,20)(H,16,21,23)/t10-/m0/s1. The zero-order valence-electron chi connectivity index (χ0n) is 13.3. The summed E-state index contributed by atoms with van der Waals surface area (Å²) < 4.78 is 6.17. The molecule has 2 rings (SSSR count). The fourth-order valence-corrected chi connectivity index (χ4v) is 2.32. The summed E-state index contributed by atoms with van der Waals surface area (Å²) in [6.07, 6.45) is 1.26. The smallest absolute Gasteiger partial charge is 0.328 e. The molecule has 0 aromatic carbocycles. The van der Waals surface area contributed by atoms with Crippen LogP contribution in [-0.4, -0.2) is 70.3 Å². The molecule has 1 aromatic rings. The number of carbonyl (C=O) groups is 2. The molecular weight excluding hydrogens is 320 g/mol. The van der Waals surface area contributed by atoms with Gasteiger partial charge in [-0.3, -0.25) is 23.9 Å². The molecule has 1 fully saturated rings. The van der Waals surface area contributed by atoms with E-state index in [9.17, 15) is 24.3 Å². The number of nitrogens with zero attached hydrogens (tertiary/aromatic N) is 2. The van der Waals surface area contributed by atoms with Gasteiger partial charge in [0.15, 0.2) is 0 Å². The van der Waals surface area contributed by atoms with Crippen molar-refractivity contribution in [1.82, 2.24) is 19.8 Å². The topological polar surface area (TPSA) is 134 Å². The van der Waals surface area contributed by atoms with E-state index in [1.807, 2.05) is 0 Å². The number of carbonyl (C=O) groups excluding carboxylic acids is 2. The number of H-pyrrole nitrogens is 1. The molecule has 0 radical (unpaired) electrons. The van der Waals surface area contributed by atoms with E-state index in [1.165, 1.54) is 18.0 Å². The van der Waals surface area contributed by atoms with E-state index in [1.54, 1.807) is 0 Å². The monoisotopic (exact) mass is 340 g/mol. The van der Waals surface area contributed by atoms with Crippen LogP contribution in [0.3, 0.4) is 0 Å². The first-order chi connectivity index (χ1) is 11.4. The fourth-order valence-electron chi connectivity index (χ4n) is 2.32. The van der Waals surface area contributed by atoms with Crippen LogP contribution in [0.15, 0.2) is 15.8 Å². The zero-order valence-corrected chi connectivity index (χ0v) is 13.3. The van der Waals surface area contributed by atoms with Crippen LogP contribution in [0.4, 0.5) is 0 Å². The van der Waals surface area contributed by atoms with Gasteiger partial charge >= 0.3 is 5.69 Å². The SMILES string of the molecule is Cc1cn(CC(=O)N[C@@H](CO)C(=O)N2CCOCC2)c(=O)[nH]c1=O. The summed E-state index contributed by atoms with van der Waals surface area (Å²) in [7, 11) is 0. The van der Waals surface area contributed by atoms with Crippen LogP contribution in [-0.2, 0) is 20.9 Å². The van der Waals surface area contributed by atoms with Gasteiger partial charge in [0, 0.05) is 24.8 Å². The van der Waals surface area contributed by atoms with Crippen LogP contribution in [0.5, 0.6) is 0 Å². The number of aliphatic hydroxyl groups is 1. The number of hydrogen-bond acceptors (Lipinski definition) is 6. The lowest BCUT2D eigenvalue weighted by atomic mass is 10.2. The molecule has 0 aliphatic carbocycles. The minimum atomic E-state index is -1.09. The first kappa shape index (κ1) is 17.9. The summed E-state index contributed by atoms with van der Waals surface area (Å²) >= 11 is 0. The van der Waals surface area contributed by atoms with Crippen molar-refractivity contribution in [3.63, 3.8) is 0 Å². The normalized spacial score (nSPS) is 15.8. The van der Waals surface area contributed by atoms with E-state index < -0.39 is 35.7 Å². The Labute approximate surface area is 137 Å². The lowest BCUT2D eigenvalue weighted by Crippen LogP contribution is -2.54.